The van der Waals surface area contributed by atoms with Gasteiger partial charge in [-0.25, -0.2) is 0 Å². The van der Waals surface area contributed by atoms with Gasteiger partial charge >= 0.3 is 0 Å². The van der Waals surface area contributed by atoms with E-state index in [0.717, 1.165) is 12.5 Å². The fourth-order valence-electron chi connectivity index (χ4n) is 2.48. The van der Waals surface area contributed by atoms with Gasteiger partial charge in [-0.15, -0.1) is 0 Å². The van der Waals surface area contributed by atoms with Crippen molar-refractivity contribution in [3.63, 3.8) is 0 Å². The van der Waals surface area contributed by atoms with Crippen molar-refractivity contribution in [3.05, 3.63) is 30.1 Å². The molecule has 0 spiro atoms. The zero-order valence-electron chi connectivity index (χ0n) is 10.9. The van der Waals surface area contributed by atoms with Gasteiger partial charge in [-0.2, -0.15) is 0 Å². The van der Waals surface area contributed by atoms with Gasteiger partial charge in [-0.05, 0) is 56.6 Å². The molecule has 3 nitrogen and oxygen atoms in total. The van der Waals surface area contributed by atoms with Gasteiger partial charge in [0.05, 0.1) is 0 Å². The number of hydrogen-bond acceptors (Lipinski definition) is 3. The lowest BCUT2D eigenvalue weighted by Crippen LogP contribution is -2.28. The van der Waals surface area contributed by atoms with E-state index in [1.165, 1.54) is 31.6 Å². The Morgan fingerprint density at radius 1 is 1.47 bits per heavy atom. The van der Waals surface area contributed by atoms with Gasteiger partial charge < -0.3 is 10.2 Å². The van der Waals surface area contributed by atoms with E-state index >= 15 is 0 Å². The topological polar surface area (TPSA) is 28.2 Å². The Labute approximate surface area is 104 Å². The molecule has 0 saturated carbocycles. The molecule has 1 aliphatic rings. The van der Waals surface area contributed by atoms with Gasteiger partial charge in [0, 0.05) is 25.0 Å². The standard InChI is InChI=1S/C14H23N3/c1-3-17-9-6-13(11-17)10-16-12(2)14-4-7-15-8-5-14/h4-5,7-8,12-13,16H,3,6,9-11H2,1-2H3. The summed E-state index contributed by atoms with van der Waals surface area (Å²) in [7, 11) is 0. The van der Waals surface area contributed by atoms with Crippen LogP contribution in [0.15, 0.2) is 24.5 Å². The quantitative estimate of drug-likeness (QED) is 0.844. The first-order valence-corrected chi connectivity index (χ1v) is 6.65. The summed E-state index contributed by atoms with van der Waals surface area (Å²) in [5, 5.41) is 3.63. The van der Waals surface area contributed by atoms with E-state index in [2.05, 4.69) is 41.2 Å². The highest BCUT2D eigenvalue weighted by Crippen LogP contribution is 2.17. The van der Waals surface area contributed by atoms with Crippen molar-refractivity contribution in [2.75, 3.05) is 26.2 Å². The maximum Gasteiger partial charge on any atom is 0.0293 e. The minimum Gasteiger partial charge on any atom is -0.310 e. The molecule has 1 fully saturated rings. The molecule has 2 rings (SSSR count). The molecule has 3 heteroatoms. The lowest BCUT2D eigenvalue weighted by atomic mass is 10.1. The molecule has 2 heterocycles. The van der Waals surface area contributed by atoms with Gasteiger partial charge in [0.15, 0.2) is 0 Å². The number of hydrogen-bond donors (Lipinski definition) is 1. The van der Waals surface area contributed by atoms with E-state index in [1.807, 2.05) is 12.4 Å². The van der Waals surface area contributed by atoms with Gasteiger partial charge in [0.25, 0.3) is 0 Å². The molecule has 0 amide bonds. The van der Waals surface area contributed by atoms with Crippen LogP contribution in [0, 0.1) is 5.92 Å². The molecular formula is C14H23N3. The van der Waals surface area contributed by atoms with Crippen LogP contribution in [0.25, 0.3) is 0 Å². The second-order valence-corrected chi connectivity index (χ2v) is 4.96. The summed E-state index contributed by atoms with van der Waals surface area (Å²) in [6.45, 7) is 9.31. The van der Waals surface area contributed by atoms with Crippen LogP contribution in [0.3, 0.4) is 0 Å². The van der Waals surface area contributed by atoms with Crippen molar-refractivity contribution >= 4 is 0 Å². The second-order valence-electron chi connectivity index (χ2n) is 4.96. The van der Waals surface area contributed by atoms with Crippen molar-refractivity contribution in [2.45, 2.75) is 26.3 Å². The Hall–Kier alpha value is -0.930. The van der Waals surface area contributed by atoms with E-state index in [4.69, 9.17) is 0 Å². The van der Waals surface area contributed by atoms with Gasteiger partial charge in [-0.3, -0.25) is 4.98 Å². The van der Waals surface area contributed by atoms with Crippen LogP contribution in [-0.2, 0) is 0 Å². The monoisotopic (exact) mass is 233 g/mol. The maximum atomic E-state index is 4.05. The van der Waals surface area contributed by atoms with Gasteiger partial charge in [0.2, 0.25) is 0 Å². The second kappa shape index (κ2) is 6.12. The predicted octanol–water partition coefficient (Wildman–Crippen LogP) is 2.07. The Morgan fingerprint density at radius 3 is 2.88 bits per heavy atom. The summed E-state index contributed by atoms with van der Waals surface area (Å²) in [6.07, 6.45) is 5.06. The van der Waals surface area contributed by atoms with E-state index < -0.39 is 0 Å². The van der Waals surface area contributed by atoms with Crippen molar-refractivity contribution < 1.29 is 0 Å². The number of pyridine rings is 1. The summed E-state index contributed by atoms with van der Waals surface area (Å²) in [6, 6.07) is 4.60. The third-order valence-corrected chi connectivity index (χ3v) is 3.74. The Kier molecular flexibility index (Phi) is 4.51. The van der Waals surface area contributed by atoms with Crippen LogP contribution in [0.5, 0.6) is 0 Å². The van der Waals surface area contributed by atoms with Crippen molar-refractivity contribution in [2.24, 2.45) is 5.92 Å². The molecule has 1 aromatic heterocycles. The highest BCUT2D eigenvalue weighted by molar-refractivity contribution is 5.13. The molecule has 94 valence electrons. The van der Waals surface area contributed by atoms with E-state index in [1.54, 1.807) is 0 Å². The van der Waals surface area contributed by atoms with Crippen LogP contribution < -0.4 is 5.32 Å². The summed E-state index contributed by atoms with van der Waals surface area (Å²) >= 11 is 0. The van der Waals surface area contributed by atoms with Gasteiger partial charge in [-0.1, -0.05) is 6.92 Å². The Morgan fingerprint density at radius 2 is 2.24 bits per heavy atom. The van der Waals surface area contributed by atoms with Crippen molar-refractivity contribution in [1.82, 2.24) is 15.2 Å². The Bertz CT molecular complexity index is 325. The van der Waals surface area contributed by atoms with Crippen molar-refractivity contribution in [1.29, 1.82) is 0 Å². The smallest absolute Gasteiger partial charge is 0.0293 e. The third kappa shape index (κ3) is 3.51. The molecule has 0 aromatic carbocycles. The average Bonchev–Trinajstić information content (AvgIpc) is 2.85. The number of aromatic nitrogens is 1. The predicted molar refractivity (Wildman–Crippen MR) is 70.9 cm³/mol. The van der Waals surface area contributed by atoms with E-state index in [9.17, 15) is 0 Å². The number of nitrogens with one attached hydrogen (secondary N) is 1. The first-order valence-electron chi connectivity index (χ1n) is 6.65. The van der Waals surface area contributed by atoms with Crippen molar-refractivity contribution in [3.8, 4) is 0 Å². The lowest BCUT2D eigenvalue weighted by Gasteiger charge is -2.18. The van der Waals surface area contributed by atoms with Crippen LogP contribution >= 0.6 is 0 Å². The molecule has 2 unspecified atom stereocenters. The third-order valence-electron chi connectivity index (χ3n) is 3.74. The first-order chi connectivity index (χ1) is 8.29. The van der Waals surface area contributed by atoms with Crippen LogP contribution in [0.2, 0.25) is 0 Å². The molecule has 0 radical (unpaired) electrons. The lowest BCUT2D eigenvalue weighted by molar-refractivity contribution is 0.336. The van der Waals surface area contributed by atoms with Gasteiger partial charge in [0.1, 0.15) is 0 Å². The minimum atomic E-state index is 0.425. The fraction of sp³-hybridized carbons (Fsp3) is 0.643. The number of likely N-dealkylation sites (tertiary alicyclic amines) is 1. The van der Waals surface area contributed by atoms with Crippen LogP contribution in [0.4, 0.5) is 0 Å². The molecule has 17 heavy (non-hydrogen) atoms. The highest BCUT2D eigenvalue weighted by atomic mass is 15.1. The van der Waals surface area contributed by atoms with E-state index in [0.29, 0.717) is 6.04 Å². The summed E-state index contributed by atoms with van der Waals surface area (Å²) in [4.78, 5) is 6.58. The summed E-state index contributed by atoms with van der Waals surface area (Å²) in [5.41, 5.74) is 1.32. The molecule has 1 saturated heterocycles. The number of nitrogens with zero attached hydrogens (tertiary/aromatic N) is 2. The largest absolute Gasteiger partial charge is 0.310 e. The number of rotatable bonds is 5. The zero-order valence-corrected chi connectivity index (χ0v) is 10.9. The zero-order chi connectivity index (χ0) is 12.1. The first kappa shape index (κ1) is 12.5. The average molecular weight is 233 g/mol. The van der Waals surface area contributed by atoms with E-state index in [-0.39, 0.29) is 0 Å². The molecule has 1 N–H and O–H groups in total. The molecule has 0 aliphatic carbocycles. The fourth-order valence-corrected chi connectivity index (χ4v) is 2.48. The summed E-state index contributed by atoms with van der Waals surface area (Å²) < 4.78 is 0. The molecular weight excluding hydrogens is 210 g/mol. The van der Waals surface area contributed by atoms with Crippen LogP contribution in [-0.4, -0.2) is 36.1 Å². The molecule has 0 bridgehead atoms. The Balaban J connectivity index is 1.75. The van der Waals surface area contributed by atoms with Crippen LogP contribution in [0.1, 0.15) is 31.9 Å². The normalized spacial score (nSPS) is 22.8. The molecule has 1 aromatic rings. The molecule has 2 atom stereocenters. The summed E-state index contributed by atoms with van der Waals surface area (Å²) in [5.74, 6) is 0.819. The minimum absolute atomic E-state index is 0.425. The highest BCUT2D eigenvalue weighted by Gasteiger charge is 2.21. The molecule has 1 aliphatic heterocycles. The SMILES string of the molecule is CCN1CCC(CNC(C)c2ccncc2)C1. The maximum absolute atomic E-state index is 4.05.